The maximum atomic E-state index is 11.4. The van der Waals surface area contributed by atoms with Crippen LogP contribution < -0.4 is 10.7 Å². The van der Waals surface area contributed by atoms with Crippen molar-refractivity contribution in [1.29, 1.82) is 0 Å². The smallest absolute Gasteiger partial charge is 0.256 e. The molecule has 15 heavy (non-hydrogen) atoms. The van der Waals surface area contributed by atoms with Gasteiger partial charge >= 0.3 is 0 Å². The summed E-state index contributed by atoms with van der Waals surface area (Å²) < 4.78 is 0. The molecule has 0 aliphatic carbocycles. The molecule has 1 aromatic heterocycles. The first-order valence-corrected chi connectivity index (χ1v) is 4.78. The van der Waals surface area contributed by atoms with E-state index < -0.39 is 12.0 Å². The second-order valence-electron chi connectivity index (χ2n) is 3.19. The topological polar surface area (TPSA) is 82.2 Å². The molecule has 82 valence electrons. The number of amides is 1. The molecule has 0 fully saturated rings. The quantitative estimate of drug-likeness (QED) is 0.647. The average Bonchev–Trinajstić information content (AvgIpc) is 2.26. The summed E-state index contributed by atoms with van der Waals surface area (Å²) in [6.07, 6.45) is 2.79. The second kappa shape index (κ2) is 5.31. The highest BCUT2D eigenvalue weighted by molar-refractivity contribution is 5.93. The number of rotatable bonds is 4. The molecule has 0 radical (unpaired) electrons. The van der Waals surface area contributed by atoms with E-state index in [1.165, 1.54) is 18.5 Å². The molecule has 3 N–H and O–H groups in total. The number of aromatic amines is 1. The van der Waals surface area contributed by atoms with Gasteiger partial charge in [0, 0.05) is 25.0 Å². The average molecular weight is 210 g/mol. The van der Waals surface area contributed by atoms with Gasteiger partial charge in [0.15, 0.2) is 5.43 Å². The third-order valence-electron chi connectivity index (χ3n) is 2.04. The Labute approximate surface area is 87.1 Å². The third kappa shape index (κ3) is 3.21. The molecule has 0 saturated carbocycles. The van der Waals surface area contributed by atoms with Crippen LogP contribution in [0.15, 0.2) is 23.3 Å². The van der Waals surface area contributed by atoms with Crippen molar-refractivity contribution in [2.75, 3.05) is 6.54 Å². The van der Waals surface area contributed by atoms with Gasteiger partial charge in [-0.05, 0) is 6.42 Å². The van der Waals surface area contributed by atoms with Gasteiger partial charge in [-0.2, -0.15) is 0 Å². The first-order valence-electron chi connectivity index (χ1n) is 4.78. The predicted octanol–water partition coefficient (Wildman–Crippen LogP) is -0.124. The number of carbonyl (C=O) groups excluding carboxylic acids is 1. The first kappa shape index (κ1) is 11.5. The van der Waals surface area contributed by atoms with Gasteiger partial charge < -0.3 is 15.4 Å². The molecule has 0 aliphatic rings. The fraction of sp³-hybridized carbons (Fsp3) is 0.400. The van der Waals surface area contributed by atoms with Crippen molar-refractivity contribution in [2.45, 2.75) is 19.4 Å². The van der Waals surface area contributed by atoms with E-state index in [9.17, 15) is 14.7 Å². The standard InChI is InChI=1S/C10H14N2O3/c1-2-7(13)5-12-10(15)8-6-11-4-3-9(8)14/h3-4,6-7,13H,2,5H2,1H3,(H,11,14)(H,12,15). The lowest BCUT2D eigenvalue weighted by molar-refractivity contribution is 0.0912. The summed E-state index contributed by atoms with van der Waals surface area (Å²) in [5.41, 5.74) is -0.280. The number of nitrogens with one attached hydrogen (secondary N) is 2. The van der Waals surface area contributed by atoms with Gasteiger partial charge in [0.1, 0.15) is 5.56 Å². The molecule has 0 bridgehead atoms. The molecule has 0 spiro atoms. The highest BCUT2D eigenvalue weighted by atomic mass is 16.3. The van der Waals surface area contributed by atoms with Crippen LogP contribution in [0.25, 0.3) is 0 Å². The minimum absolute atomic E-state index is 0.0563. The van der Waals surface area contributed by atoms with Crippen LogP contribution in [0.1, 0.15) is 23.7 Å². The second-order valence-corrected chi connectivity index (χ2v) is 3.19. The Morgan fingerprint density at radius 1 is 1.67 bits per heavy atom. The van der Waals surface area contributed by atoms with Crippen LogP contribution in [0.2, 0.25) is 0 Å². The van der Waals surface area contributed by atoms with Gasteiger partial charge in [-0.3, -0.25) is 9.59 Å². The SMILES string of the molecule is CCC(O)CNC(=O)c1c[nH]ccc1=O. The molecule has 1 unspecified atom stereocenters. The molecule has 1 heterocycles. The summed E-state index contributed by atoms with van der Waals surface area (Å²) >= 11 is 0. The largest absolute Gasteiger partial charge is 0.391 e. The zero-order valence-electron chi connectivity index (χ0n) is 8.49. The van der Waals surface area contributed by atoms with Crippen LogP contribution in [0.5, 0.6) is 0 Å². The third-order valence-corrected chi connectivity index (χ3v) is 2.04. The van der Waals surface area contributed by atoms with Crippen molar-refractivity contribution >= 4 is 5.91 Å². The Hall–Kier alpha value is -1.62. The zero-order valence-corrected chi connectivity index (χ0v) is 8.49. The molecule has 5 heteroatoms. The summed E-state index contributed by atoms with van der Waals surface area (Å²) in [7, 11) is 0. The Kier molecular flexibility index (Phi) is 4.05. The minimum atomic E-state index is -0.572. The maximum absolute atomic E-state index is 11.4. The maximum Gasteiger partial charge on any atom is 0.256 e. The van der Waals surface area contributed by atoms with E-state index in [0.717, 1.165) is 0 Å². The Morgan fingerprint density at radius 3 is 3.00 bits per heavy atom. The van der Waals surface area contributed by atoms with E-state index >= 15 is 0 Å². The van der Waals surface area contributed by atoms with E-state index in [0.29, 0.717) is 6.42 Å². The number of aliphatic hydroxyl groups excluding tert-OH is 1. The van der Waals surface area contributed by atoms with Crippen LogP contribution >= 0.6 is 0 Å². The Bertz CT molecular complexity index is 386. The van der Waals surface area contributed by atoms with Gasteiger partial charge in [-0.25, -0.2) is 0 Å². The van der Waals surface area contributed by atoms with Gasteiger partial charge in [-0.15, -0.1) is 0 Å². The van der Waals surface area contributed by atoms with E-state index in [1.807, 2.05) is 6.92 Å². The van der Waals surface area contributed by atoms with Crippen molar-refractivity contribution in [3.8, 4) is 0 Å². The molecule has 1 atom stereocenters. The highest BCUT2D eigenvalue weighted by Crippen LogP contribution is 1.90. The number of H-pyrrole nitrogens is 1. The van der Waals surface area contributed by atoms with Gasteiger partial charge in [0.25, 0.3) is 5.91 Å². The predicted molar refractivity (Wildman–Crippen MR) is 55.7 cm³/mol. The normalized spacial score (nSPS) is 12.1. The van der Waals surface area contributed by atoms with Crippen LogP contribution in [-0.2, 0) is 0 Å². The summed E-state index contributed by atoms with van der Waals surface area (Å²) in [6, 6.07) is 1.28. The zero-order chi connectivity index (χ0) is 11.3. The van der Waals surface area contributed by atoms with Crippen molar-refractivity contribution in [3.05, 3.63) is 34.2 Å². The Morgan fingerprint density at radius 2 is 2.40 bits per heavy atom. The van der Waals surface area contributed by atoms with Gasteiger partial charge in [0.2, 0.25) is 0 Å². The van der Waals surface area contributed by atoms with Gasteiger partial charge in [-0.1, -0.05) is 6.92 Å². The van der Waals surface area contributed by atoms with E-state index in [1.54, 1.807) is 0 Å². The number of aliphatic hydroxyl groups is 1. The molecular weight excluding hydrogens is 196 g/mol. The fourth-order valence-corrected chi connectivity index (χ4v) is 1.04. The monoisotopic (exact) mass is 210 g/mol. The van der Waals surface area contributed by atoms with Crippen molar-refractivity contribution in [2.24, 2.45) is 0 Å². The molecule has 5 nitrogen and oxygen atoms in total. The molecule has 1 rings (SSSR count). The molecule has 0 saturated heterocycles. The molecule has 0 aliphatic heterocycles. The van der Waals surface area contributed by atoms with Crippen molar-refractivity contribution < 1.29 is 9.90 Å². The number of hydrogen-bond acceptors (Lipinski definition) is 3. The number of pyridine rings is 1. The van der Waals surface area contributed by atoms with E-state index in [-0.39, 0.29) is 17.5 Å². The molecule has 1 aromatic rings. The molecule has 0 aromatic carbocycles. The fourth-order valence-electron chi connectivity index (χ4n) is 1.04. The lowest BCUT2D eigenvalue weighted by atomic mass is 10.2. The lowest BCUT2D eigenvalue weighted by Gasteiger charge is -2.08. The van der Waals surface area contributed by atoms with Gasteiger partial charge in [0.05, 0.1) is 6.10 Å². The van der Waals surface area contributed by atoms with Crippen LogP contribution in [-0.4, -0.2) is 28.6 Å². The molecule has 1 amide bonds. The van der Waals surface area contributed by atoms with Crippen LogP contribution in [0.3, 0.4) is 0 Å². The number of carbonyl (C=O) groups is 1. The van der Waals surface area contributed by atoms with Crippen molar-refractivity contribution in [1.82, 2.24) is 10.3 Å². The van der Waals surface area contributed by atoms with Crippen molar-refractivity contribution in [3.63, 3.8) is 0 Å². The summed E-state index contributed by atoms with van der Waals surface area (Å²) in [4.78, 5) is 25.3. The summed E-state index contributed by atoms with van der Waals surface area (Å²) in [6.45, 7) is 1.97. The highest BCUT2D eigenvalue weighted by Gasteiger charge is 2.10. The summed E-state index contributed by atoms with van der Waals surface area (Å²) in [5.74, 6) is -0.468. The number of aromatic nitrogens is 1. The van der Waals surface area contributed by atoms with E-state index in [4.69, 9.17) is 0 Å². The van der Waals surface area contributed by atoms with Crippen LogP contribution in [0, 0.1) is 0 Å². The first-order chi connectivity index (χ1) is 7.15. The molecular formula is C10H14N2O3. The van der Waals surface area contributed by atoms with Crippen LogP contribution in [0.4, 0.5) is 0 Å². The minimum Gasteiger partial charge on any atom is -0.391 e. The Balaban J connectivity index is 2.62. The number of hydrogen-bond donors (Lipinski definition) is 3. The summed E-state index contributed by atoms with van der Waals surface area (Å²) in [5, 5.41) is 11.7. The lowest BCUT2D eigenvalue weighted by Crippen LogP contribution is -2.34. The van der Waals surface area contributed by atoms with E-state index in [2.05, 4.69) is 10.3 Å².